The van der Waals surface area contributed by atoms with Crippen molar-refractivity contribution in [3.05, 3.63) is 30.3 Å². The molecule has 0 aliphatic carbocycles. The highest BCUT2D eigenvalue weighted by molar-refractivity contribution is 5.71. The van der Waals surface area contributed by atoms with Crippen LogP contribution in [-0.2, 0) is 0 Å². The monoisotopic (exact) mass is 248 g/mol. The molecule has 0 N–H and O–H groups in total. The van der Waals surface area contributed by atoms with Crippen molar-refractivity contribution in [3.63, 3.8) is 0 Å². The Morgan fingerprint density at radius 2 is 1.89 bits per heavy atom. The van der Waals surface area contributed by atoms with Gasteiger partial charge < -0.3 is 9.64 Å². The summed E-state index contributed by atoms with van der Waals surface area (Å²) in [5, 5.41) is 0. The molecule has 2 rings (SSSR count). The lowest BCUT2D eigenvalue weighted by Crippen LogP contribution is -2.59. The van der Waals surface area contributed by atoms with Crippen LogP contribution in [0.4, 0.5) is 4.79 Å². The minimum atomic E-state index is -0.262. The van der Waals surface area contributed by atoms with E-state index in [1.165, 1.54) is 0 Å². The van der Waals surface area contributed by atoms with Crippen LogP contribution in [-0.4, -0.2) is 48.1 Å². The van der Waals surface area contributed by atoms with Crippen LogP contribution >= 0.6 is 0 Å². The fraction of sp³-hybridized carbons (Fsp3) is 0.500. The van der Waals surface area contributed by atoms with Gasteiger partial charge in [0, 0.05) is 25.2 Å². The molecule has 1 amide bonds. The maximum Gasteiger partial charge on any atom is 0.415 e. The molecular weight excluding hydrogens is 228 g/mol. The smallest absolute Gasteiger partial charge is 0.410 e. The SMILES string of the molecule is CN1CCN(C(=O)Oc2ccccc2)CC1(C)C. The number of carbonyl (C=O) groups excluding carboxylic acids is 1. The zero-order valence-electron chi connectivity index (χ0n) is 11.2. The second-order valence-electron chi connectivity index (χ2n) is 5.34. The van der Waals surface area contributed by atoms with Crippen molar-refractivity contribution in [2.45, 2.75) is 19.4 Å². The van der Waals surface area contributed by atoms with Crippen LogP contribution in [0.2, 0.25) is 0 Å². The Hall–Kier alpha value is -1.55. The van der Waals surface area contributed by atoms with Gasteiger partial charge in [-0.25, -0.2) is 4.79 Å². The number of para-hydroxylation sites is 1. The second-order valence-corrected chi connectivity index (χ2v) is 5.34. The number of rotatable bonds is 1. The van der Waals surface area contributed by atoms with E-state index >= 15 is 0 Å². The molecule has 1 aromatic rings. The van der Waals surface area contributed by atoms with E-state index in [1.54, 1.807) is 17.0 Å². The summed E-state index contributed by atoms with van der Waals surface area (Å²) in [6.07, 6.45) is -0.262. The average molecular weight is 248 g/mol. The minimum absolute atomic E-state index is 0.00599. The predicted octanol–water partition coefficient (Wildman–Crippen LogP) is 2.21. The highest BCUT2D eigenvalue weighted by Crippen LogP contribution is 2.20. The lowest BCUT2D eigenvalue weighted by Gasteiger charge is -2.44. The molecule has 98 valence electrons. The summed E-state index contributed by atoms with van der Waals surface area (Å²) >= 11 is 0. The molecule has 0 unspecified atom stereocenters. The van der Waals surface area contributed by atoms with Gasteiger partial charge in [-0.2, -0.15) is 0 Å². The minimum Gasteiger partial charge on any atom is -0.410 e. The fourth-order valence-corrected chi connectivity index (χ4v) is 2.05. The van der Waals surface area contributed by atoms with Crippen molar-refractivity contribution < 1.29 is 9.53 Å². The van der Waals surface area contributed by atoms with Crippen LogP contribution in [0.15, 0.2) is 30.3 Å². The average Bonchev–Trinajstić information content (AvgIpc) is 2.34. The molecule has 1 fully saturated rings. The maximum absolute atomic E-state index is 12.0. The molecule has 4 heteroatoms. The first kappa shape index (κ1) is 12.9. The highest BCUT2D eigenvalue weighted by atomic mass is 16.6. The van der Waals surface area contributed by atoms with Gasteiger partial charge >= 0.3 is 6.09 Å². The Morgan fingerprint density at radius 1 is 1.22 bits per heavy atom. The van der Waals surface area contributed by atoms with Crippen molar-refractivity contribution in [2.75, 3.05) is 26.7 Å². The van der Waals surface area contributed by atoms with Crippen LogP contribution in [0.25, 0.3) is 0 Å². The number of benzene rings is 1. The van der Waals surface area contributed by atoms with Crippen LogP contribution in [0, 0.1) is 0 Å². The zero-order chi connectivity index (χ0) is 13.2. The summed E-state index contributed by atoms with van der Waals surface area (Å²) in [6, 6.07) is 9.20. The fourth-order valence-electron chi connectivity index (χ4n) is 2.05. The number of likely N-dealkylation sites (N-methyl/N-ethyl adjacent to an activating group) is 1. The number of hydrogen-bond acceptors (Lipinski definition) is 3. The summed E-state index contributed by atoms with van der Waals surface area (Å²) < 4.78 is 5.35. The van der Waals surface area contributed by atoms with Crippen LogP contribution in [0.3, 0.4) is 0 Å². The van der Waals surface area contributed by atoms with Crippen molar-refractivity contribution in [1.82, 2.24) is 9.80 Å². The molecule has 1 saturated heterocycles. The Morgan fingerprint density at radius 3 is 2.50 bits per heavy atom. The third-order valence-electron chi connectivity index (χ3n) is 3.52. The number of nitrogens with zero attached hydrogens (tertiary/aromatic N) is 2. The van der Waals surface area contributed by atoms with E-state index in [0.717, 1.165) is 6.54 Å². The molecular formula is C14H20N2O2. The quantitative estimate of drug-likeness (QED) is 0.764. The Bertz CT molecular complexity index is 417. The van der Waals surface area contributed by atoms with Crippen molar-refractivity contribution in [3.8, 4) is 5.75 Å². The van der Waals surface area contributed by atoms with Gasteiger partial charge in [-0.1, -0.05) is 18.2 Å². The van der Waals surface area contributed by atoms with Gasteiger partial charge in [-0.05, 0) is 33.0 Å². The molecule has 1 aliphatic rings. The third kappa shape index (κ3) is 2.82. The van der Waals surface area contributed by atoms with Crippen molar-refractivity contribution in [1.29, 1.82) is 0 Å². The number of ether oxygens (including phenoxy) is 1. The maximum atomic E-state index is 12.0. The van der Waals surface area contributed by atoms with E-state index in [0.29, 0.717) is 18.8 Å². The Balaban J connectivity index is 1.98. The van der Waals surface area contributed by atoms with Crippen LogP contribution < -0.4 is 4.74 Å². The summed E-state index contributed by atoms with van der Waals surface area (Å²) in [6.45, 7) is 6.54. The standard InChI is InChI=1S/C14H20N2O2/c1-14(2)11-16(10-9-15(14)3)13(17)18-12-7-5-4-6-8-12/h4-8H,9-11H2,1-3H3. The van der Waals surface area contributed by atoms with Crippen molar-refractivity contribution >= 4 is 6.09 Å². The summed E-state index contributed by atoms with van der Waals surface area (Å²) in [7, 11) is 2.08. The van der Waals surface area contributed by atoms with Crippen LogP contribution in [0.1, 0.15) is 13.8 Å². The molecule has 0 radical (unpaired) electrons. The molecule has 0 saturated carbocycles. The Kier molecular flexibility index (Phi) is 3.57. The lowest BCUT2D eigenvalue weighted by atomic mass is 10.0. The molecule has 0 spiro atoms. The molecule has 1 heterocycles. The summed E-state index contributed by atoms with van der Waals surface area (Å²) in [5.74, 6) is 0.597. The topological polar surface area (TPSA) is 32.8 Å². The summed E-state index contributed by atoms with van der Waals surface area (Å²) in [4.78, 5) is 16.1. The van der Waals surface area contributed by atoms with Gasteiger partial charge in [-0.3, -0.25) is 4.90 Å². The zero-order valence-corrected chi connectivity index (χ0v) is 11.2. The molecule has 0 aromatic heterocycles. The molecule has 4 nitrogen and oxygen atoms in total. The van der Waals surface area contributed by atoms with Gasteiger partial charge in [0.15, 0.2) is 0 Å². The van der Waals surface area contributed by atoms with Crippen LogP contribution in [0.5, 0.6) is 5.75 Å². The van der Waals surface area contributed by atoms with Gasteiger partial charge in [0.1, 0.15) is 5.75 Å². The second kappa shape index (κ2) is 4.98. The Labute approximate surface area is 108 Å². The molecule has 0 atom stereocenters. The normalized spacial score (nSPS) is 19.6. The molecule has 1 aliphatic heterocycles. The van der Waals surface area contributed by atoms with E-state index in [4.69, 9.17) is 4.74 Å². The van der Waals surface area contributed by atoms with Gasteiger partial charge in [-0.15, -0.1) is 0 Å². The predicted molar refractivity (Wildman–Crippen MR) is 70.7 cm³/mol. The molecule has 18 heavy (non-hydrogen) atoms. The van der Waals surface area contributed by atoms with Gasteiger partial charge in [0.2, 0.25) is 0 Å². The van der Waals surface area contributed by atoms with E-state index in [-0.39, 0.29) is 11.6 Å². The number of piperazine rings is 1. The number of amides is 1. The van der Waals surface area contributed by atoms with Gasteiger partial charge in [0.25, 0.3) is 0 Å². The number of carbonyl (C=O) groups is 1. The number of hydrogen-bond donors (Lipinski definition) is 0. The molecule has 1 aromatic carbocycles. The molecule has 0 bridgehead atoms. The van der Waals surface area contributed by atoms with E-state index < -0.39 is 0 Å². The summed E-state index contributed by atoms with van der Waals surface area (Å²) in [5.41, 5.74) is -0.00599. The first-order valence-electron chi connectivity index (χ1n) is 6.22. The highest BCUT2D eigenvalue weighted by Gasteiger charge is 2.33. The van der Waals surface area contributed by atoms with Gasteiger partial charge in [0.05, 0.1) is 0 Å². The largest absolute Gasteiger partial charge is 0.415 e. The lowest BCUT2D eigenvalue weighted by molar-refractivity contribution is 0.0439. The van der Waals surface area contributed by atoms with E-state index in [2.05, 4.69) is 25.8 Å². The first-order chi connectivity index (χ1) is 8.49. The van der Waals surface area contributed by atoms with Crippen molar-refractivity contribution in [2.24, 2.45) is 0 Å². The first-order valence-corrected chi connectivity index (χ1v) is 6.22. The third-order valence-corrected chi connectivity index (χ3v) is 3.52. The van der Waals surface area contributed by atoms with E-state index in [9.17, 15) is 4.79 Å². The van der Waals surface area contributed by atoms with E-state index in [1.807, 2.05) is 18.2 Å².